The van der Waals surface area contributed by atoms with E-state index in [2.05, 4.69) is 31.0 Å². The van der Waals surface area contributed by atoms with Gasteiger partial charge in [0.1, 0.15) is 6.04 Å². The molecule has 0 spiro atoms. The van der Waals surface area contributed by atoms with Gasteiger partial charge in [-0.15, -0.1) is 0 Å². The third-order valence-corrected chi connectivity index (χ3v) is 7.29. The summed E-state index contributed by atoms with van der Waals surface area (Å²) in [5, 5.41) is 2.58. The summed E-state index contributed by atoms with van der Waals surface area (Å²) in [6.07, 6.45) is -2.28. The first-order chi connectivity index (χ1) is 16.2. The van der Waals surface area contributed by atoms with Crippen LogP contribution < -0.4 is 5.32 Å². The number of methoxy groups -OCH3 is 1. The summed E-state index contributed by atoms with van der Waals surface area (Å²) >= 11 is 0. The normalized spacial score (nSPS) is 25.6. The number of carbonyl (C=O) groups is 3. The average molecular weight is 498 g/mol. The van der Waals surface area contributed by atoms with Crippen LogP contribution in [0.3, 0.4) is 0 Å². The van der Waals surface area contributed by atoms with Crippen molar-refractivity contribution in [3.8, 4) is 0 Å². The van der Waals surface area contributed by atoms with Crippen LogP contribution in [-0.2, 0) is 20.5 Å². The molecular formula is C25H34F3N3O4. The molecule has 194 valence electrons. The Labute approximate surface area is 204 Å². The number of benzene rings is 1. The SMILES string of the molecule is COC(=O)C1CC(N(C)C(C)(C)C)CCC1N1CC[C@H](NC(=O)c2cccc(C(F)(F)F)c2)C1=O. The van der Waals surface area contributed by atoms with Crippen LogP contribution in [0.25, 0.3) is 0 Å². The molecule has 1 N–H and O–H groups in total. The Kier molecular flexibility index (Phi) is 7.83. The number of nitrogens with zero attached hydrogens (tertiary/aromatic N) is 2. The Bertz CT molecular complexity index is 960. The van der Waals surface area contributed by atoms with Crippen molar-refractivity contribution in [2.24, 2.45) is 5.92 Å². The zero-order valence-electron chi connectivity index (χ0n) is 20.8. The zero-order valence-corrected chi connectivity index (χ0v) is 20.8. The molecule has 1 saturated carbocycles. The second kappa shape index (κ2) is 10.2. The topological polar surface area (TPSA) is 79.0 Å². The van der Waals surface area contributed by atoms with Gasteiger partial charge in [0, 0.05) is 29.7 Å². The van der Waals surface area contributed by atoms with Gasteiger partial charge >= 0.3 is 12.1 Å². The zero-order chi connectivity index (χ0) is 26.1. The van der Waals surface area contributed by atoms with E-state index in [0.29, 0.717) is 25.8 Å². The molecule has 7 nitrogen and oxygen atoms in total. The maximum atomic E-state index is 13.2. The Balaban J connectivity index is 1.71. The summed E-state index contributed by atoms with van der Waals surface area (Å²) in [5.74, 6) is -1.93. The van der Waals surface area contributed by atoms with E-state index in [4.69, 9.17) is 4.74 Å². The van der Waals surface area contributed by atoms with Crippen LogP contribution in [0.2, 0.25) is 0 Å². The first-order valence-electron chi connectivity index (χ1n) is 11.8. The maximum Gasteiger partial charge on any atom is 0.416 e. The minimum absolute atomic E-state index is 0.0829. The molecule has 2 amide bonds. The third-order valence-electron chi connectivity index (χ3n) is 7.29. The molecule has 2 fully saturated rings. The lowest BCUT2D eigenvalue weighted by atomic mass is 9.79. The van der Waals surface area contributed by atoms with Crippen molar-refractivity contribution < 1.29 is 32.3 Å². The first-order valence-corrected chi connectivity index (χ1v) is 11.8. The summed E-state index contributed by atoms with van der Waals surface area (Å²) in [7, 11) is 3.36. The van der Waals surface area contributed by atoms with E-state index >= 15 is 0 Å². The monoisotopic (exact) mass is 497 g/mol. The molecule has 1 aromatic carbocycles. The predicted octanol–water partition coefficient (Wildman–Crippen LogP) is 3.48. The standard InChI is InChI=1S/C25H34F3N3O4/c1-24(2,3)30(4)17-9-10-20(18(14-17)23(34)35-5)31-12-11-19(22(31)33)29-21(32)15-7-6-8-16(13-15)25(26,27)28/h6-8,13,17-20H,9-12,14H2,1-5H3,(H,29,32)/t17?,18?,19-,20?/m0/s1. The Hall–Kier alpha value is -2.62. The van der Waals surface area contributed by atoms with E-state index in [1.54, 1.807) is 4.90 Å². The molecule has 2 aliphatic rings. The van der Waals surface area contributed by atoms with Crippen LogP contribution in [-0.4, -0.2) is 72.0 Å². The van der Waals surface area contributed by atoms with Gasteiger partial charge < -0.3 is 15.0 Å². The molecule has 1 aliphatic carbocycles. The number of rotatable bonds is 5. The van der Waals surface area contributed by atoms with E-state index in [1.165, 1.54) is 13.2 Å². The van der Waals surface area contributed by atoms with Gasteiger partial charge in [-0.25, -0.2) is 0 Å². The summed E-state index contributed by atoms with van der Waals surface area (Å²) in [5.41, 5.74) is -1.17. The van der Waals surface area contributed by atoms with E-state index in [9.17, 15) is 27.6 Å². The quantitative estimate of drug-likeness (QED) is 0.631. The maximum absolute atomic E-state index is 13.2. The number of esters is 1. The average Bonchev–Trinajstić information content (AvgIpc) is 3.16. The van der Waals surface area contributed by atoms with Gasteiger partial charge in [-0.05, 0) is 71.7 Å². The van der Waals surface area contributed by atoms with Crippen molar-refractivity contribution in [3.63, 3.8) is 0 Å². The molecule has 4 atom stereocenters. The minimum Gasteiger partial charge on any atom is -0.469 e. The number of amides is 2. The molecule has 3 unspecified atom stereocenters. The van der Waals surface area contributed by atoms with Crippen molar-refractivity contribution in [2.45, 2.75) is 76.3 Å². The highest BCUT2D eigenvalue weighted by Crippen LogP contribution is 2.36. The van der Waals surface area contributed by atoms with Gasteiger partial charge in [0.05, 0.1) is 18.6 Å². The van der Waals surface area contributed by atoms with E-state index in [1.807, 2.05) is 7.05 Å². The molecule has 3 rings (SSSR count). The number of hydrogen-bond acceptors (Lipinski definition) is 5. The fourth-order valence-corrected chi connectivity index (χ4v) is 5.05. The summed E-state index contributed by atoms with van der Waals surface area (Å²) in [6, 6.07) is 3.05. The summed E-state index contributed by atoms with van der Waals surface area (Å²) in [6.45, 7) is 6.67. The number of nitrogens with one attached hydrogen (secondary N) is 1. The highest BCUT2D eigenvalue weighted by molar-refractivity contribution is 5.98. The van der Waals surface area contributed by atoms with Crippen LogP contribution in [0.15, 0.2) is 24.3 Å². The largest absolute Gasteiger partial charge is 0.469 e. The number of alkyl halides is 3. The van der Waals surface area contributed by atoms with Crippen LogP contribution in [0, 0.1) is 5.92 Å². The van der Waals surface area contributed by atoms with Crippen molar-refractivity contribution >= 4 is 17.8 Å². The Morgan fingerprint density at radius 3 is 2.43 bits per heavy atom. The number of carbonyl (C=O) groups excluding carboxylic acids is 3. The smallest absolute Gasteiger partial charge is 0.416 e. The number of ether oxygens (including phenoxy) is 1. The molecular weight excluding hydrogens is 463 g/mol. The van der Waals surface area contributed by atoms with E-state index in [-0.39, 0.29) is 35.1 Å². The Morgan fingerprint density at radius 2 is 1.83 bits per heavy atom. The van der Waals surface area contributed by atoms with E-state index < -0.39 is 29.6 Å². The first kappa shape index (κ1) is 27.0. The molecule has 0 aromatic heterocycles. The lowest BCUT2D eigenvalue weighted by molar-refractivity contribution is -0.152. The third kappa shape index (κ3) is 5.97. The van der Waals surface area contributed by atoms with Gasteiger partial charge in [0.2, 0.25) is 5.91 Å². The number of halogens is 3. The lowest BCUT2D eigenvalue weighted by Crippen LogP contribution is -2.55. The van der Waals surface area contributed by atoms with Crippen molar-refractivity contribution in [3.05, 3.63) is 35.4 Å². The molecule has 0 bridgehead atoms. The predicted molar refractivity (Wildman–Crippen MR) is 123 cm³/mol. The molecule has 1 saturated heterocycles. The van der Waals surface area contributed by atoms with Gasteiger partial charge in [0.25, 0.3) is 5.91 Å². The lowest BCUT2D eigenvalue weighted by Gasteiger charge is -2.46. The van der Waals surface area contributed by atoms with E-state index in [0.717, 1.165) is 24.6 Å². The second-order valence-corrected chi connectivity index (χ2v) is 10.4. The molecule has 1 aliphatic heterocycles. The van der Waals surface area contributed by atoms with Gasteiger partial charge in [-0.1, -0.05) is 6.07 Å². The minimum atomic E-state index is -4.57. The van der Waals surface area contributed by atoms with Crippen molar-refractivity contribution in [1.82, 2.24) is 15.1 Å². The van der Waals surface area contributed by atoms with Gasteiger partial charge in [0.15, 0.2) is 0 Å². The van der Waals surface area contributed by atoms with Crippen molar-refractivity contribution in [1.29, 1.82) is 0 Å². The highest BCUT2D eigenvalue weighted by atomic mass is 19.4. The molecule has 35 heavy (non-hydrogen) atoms. The van der Waals surface area contributed by atoms with Crippen LogP contribution in [0.4, 0.5) is 13.2 Å². The fourth-order valence-electron chi connectivity index (χ4n) is 5.05. The fraction of sp³-hybridized carbons (Fsp3) is 0.640. The number of likely N-dealkylation sites (tertiary alicyclic amines) is 1. The summed E-state index contributed by atoms with van der Waals surface area (Å²) in [4.78, 5) is 42.4. The van der Waals surface area contributed by atoms with Gasteiger partial charge in [-0.3, -0.25) is 19.3 Å². The van der Waals surface area contributed by atoms with Crippen LogP contribution in [0.5, 0.6) is 0 Å². The second-order valence-electron chi connectivity index (χ2n) is 10.4. The Morgan fingerprint density at radius 1 is 1.14 bits per heavy atom. The number of hydrogen-bond donors (Lipinski definition) is 1. The van der Waals surface area contributed by atoms with Crippen molar-refractivity contribution in [2.75, 3.05) is 20.7 Å². The van der Waals surface area contributed by atoms with Crippen LogP contribution >= 0.6 is 0 Å². The molecule has 0 radical (unpaired) electrons. The molecule has 10 heteroatoms. The summed E-state index contributed by atoms with van der Waals surface area (Å²) < 4.78 is 44.0. The van der Waals surface area contributed by atoms with Gasteiger partial charge in [-0.2, -0.15) is 13.2 Å². The molecule has 1 heterocycles. The van der Waals surface area contributed by atoms with Crippen LogP contribution in [0.1, 0.15) is 62.4 Å². The molecule has 1 aromatic rings. The highest BCUT2D eigenvalue weighted by Gasteiger charge is 2.46.